The highest BCUT2D eigenvalue weighted by molar-refractivity contribution is 5.94. The molecule has 164 valence electrons. The fourth-order valence-electron chi connectivity index (χ4n) is 3.72. The molecule has 3 rings (SSSR count). The summed E-state index contributed by atoms with van der Waals surface area (Å²) in [5.41, 5.74) is 1.36. The number of esters is 1. The fourth-order valence-corrected chi connectivity index (χ4v) is 3.72. The number of nitrogens with zero attached hydrogens (tertiary/aromatic N) is 1. The molecule has 1 saturated heterocycles. The molecule has 0 spiro atoms. The molecular weight excluding hydrogens is 396 g/mol. The molecule has 31 heavy (non-hydrogen) atoms. The minimum Gasteiger partial charge on any atom is -0.496 e. The molecule has 2 aromatic rings. The summed E-state index contributed by atoms with van der Waals surface area (Å²) in [6.45, 7) is 3.18. The lowest BCUT2D eigenvalue weighted by molar-refractivity contribution is -0.131. The van der Waals surface area contributed by atoms with Crippen LogP contribution in [0, 0.1) is 5.92 Å². The summed E-state index contributed by atoms with van der Waals surface area (Å²) >= 11 is 0. The Morgan fingerprint density at radius 2 is 1.81 bits per heavy atom. The lowest BCUT2D eigenvalue weighted by Gasteiger charge is -2.32. The van der Waals surface area contributed by atoms with Crippen LogP contribution >= 0.6 is 0 Å². The minimum absolute atomic E-state index is 0.0368. The molecule has 0 unspecified atom stereocenters. The Labute approximate surface area is 182 Å². The van der Waals surface area contributed by atoms with Gasteiger partial charge in [-0.05, 0) is 43.0 Å². The molecule has 0 aromatic heterocycles. The second-order valence-corrected chi connectivity index (χ2v) is 7.65. The molecule has 0 radical (unpaired) electrons. The summed E-state index contributed by atoms with van der Waals surface area (Å²) < 4.78 is 10.4. The molecule has 2 aromatic carbocycles. The van der Waals surface area contributed by atoms with Gasteiger partial charge in [-0.3, -0.25) is 14.4 Å². The molecule has 7 heteroatoms. The van der Waals surface area contributed by atoms with E-state index in [9.17, 15) is 14.4 Å². The quantitative estimate of drug-likeness (QED) is 0.546. The number of para-hydroxylation sites is 1. The van der Waals surface area contributed by atoms with Gasteiger partial charge >= 0.3 is 5.97 Å². The molecule has 1 fully saturated rings. The van der Waals surface area contributed by atoms with Crippen LogP contribution in [0.4, 0.5) is 0 Å². The zero-order chi connectivity index (χ0) is 22.2. The Kier molecular flexibility index (Phi) is 7.65. The zero-order valence-electron chi connectivity index (χ0n) is 17.9. The molecule has 7 nitrogen and oxygen atoms in total. The first kappa shape index (κ1) is 22.3. The van der Waals surface area contributed by atoms with E-state index in [-0.39, 0.29) is 18.2 Å². The molecule has 0 atom stereocenters. The standard InChI is InChI=1S/C24H28N2O5/c1-17(27)31-21-8-5-7-20(14-21)24(29)26-12-10-18(11-13-26)16-25-23(28)15-19-6-3-4-9-22(19)30-2/h3-9,14,18H,10-13,15-16H2,1-2H3,(H,25,28). The molecule has 1 N–H and O–H groups in total. The van der Waals surface area contributed by atoms with Crippen molar-refractivity contribution in [1.29, 1.82) is 0 Å². The highest BCUT2D eigenvalue weighted by Gasteiger charge is 2.24. The van der Waals surface area contributed by atoms with Crippen molar-refractivity contribution in [3.8, 4) is 11.5 Å². The number of benzene rings is 2. The lowest BCUT2D eigenvalue weighted by atomic mass is 9.96. The van der Waals surface area contributed by atoms with E-state index in [0.717, 1.165) is 18.4 Å². The number of nitrogens with one attached hydrogen (secondary N) is 1. The molecule has 1 heterocycles. The lowest BCUT2D eigenvalue weighted by Crippen LogP contribution is -2.41. The van der Waals surface area contributed by atoms with Crippen molar-refractivity contribution in [2.75, 3.05) is 26.7 Å². The van der Waals surface area contributed by atoms with Crippen molar-refractivity contribution in [1.82, 2.24) is 10.2 Å². The van der Waals surface area contributed by atoms with Crippen LogP contribution in [0.3, 0.4) is 0 Å². The van der Waals surface area contributed by atoms with Gasteiger partial charge in [-0.1, -0.05) is 24.3 Å². The van der Waals surface area contributed by atoms with Crippen molar-refractivity contribution < 1.29 is 23.9 Å². The molecule has 0 bridgehead atoms. The van der Waals surface area contributed by atoms with Gasteiger partial charge in [-0.15, -0.1) is 0 Å². The van der Waals surface area contributed by atoms with Crippen LogP contribution in [-0.2, 0) is 16.0 Å². The average Bonchev–Trinajstić information content (AvgIpc) is 2.77. The van der Waals surface area contributed by atoms with Gasteiger partial charge in [0.1, 0.15) is 11.5 Å². The highest BCUT2D eigenvalue weighted by atomic mass is 16.5. The van der Waals surface area contributed by atoms with Crippen molar-refractivity contribution >= 4 is 17.8 Å². The maximum Gasteiger partial charge on any atom is 0.308 e. The number of ether oxygens (including phenoxy) is 2. The predicted octanol–water partition coefficient (Wildman–Crippen LogP) is 2.83. The fraction of sp³-hybridized carbons (Fsp3) is 0.375. The number of likely N-dealkylation sites (tertiary alicyclic amines) is 1. The van der Waals surface area contributed by atoms with E-state index in [1.165, 1.54) is 6.92 Å². The molecular formula is C24H28N2O5. The van der Waals surface area contributed by atoms with E-state index in [1.807, 2.05) is 24.3 Å². The first-order valence-electron chi connectivity index (χ1n) is 10.4. The van der Waals surface area contributed by atoms with Crippen LogP contribution in [0.25, 0.3) is 0 Å². The van der Waals surface area contributed by atoms with Crippen LogP contribution in [-0.4, -0.2) is 49.4 Å². The van der Waals surface area contributed by atoms with Gasteiger partial charge in [0.05, 0.1) is 13.5 Å². The van der Waals surface area contributed by atoms with Crippen LogP contribution in [0.2, 0.25) is 0 Å². The minimum atomic E-state index is -0.418. The number of methoxy groups -OCH3 is 1. The topological polar surface area (TPSA) is 84.9 Å². The van der Waals surface area contributed by atoms with Crippen molar-refractivity contribution in [2.45, 2.75) is 26.2 Å². The summed E-state index contributed by atoms with van der Waals surface area (Å²) in [6, 6.07) is 14.2. The van der Waals surface area contributed by atoms with Gasteiger partial charge in [0.15, 0.2) is 0 Å². The molecule has 0 saturated carbocycles. The molecule has 1 aliphatic rings. The first-order valence-corrected chi connectivity index (χ1v) is 10.4. The summed E-state index contributed by atoms with van der Waals surface area (Å²) in [7, 11) is 1.60. The monoisotopic (exact) mass is 424 g/mol. The average molecular weight is 424 g/mol. The van der Waals surface area contributed by atoms with Crippen molar-refractivity contribution in [3.63, 3.8) is 0 Å². The van der Waals surface area contributed by atoms with E-state index >= 15 is 0 Å². The summed E-state index contributed by atoms with van der Waals surface area (Å²) in [5, 5.41) is 3.01. The number of carbonyl (C=O) groups is 3. The number of piperidine rings is 1. The van der Waals surface area contributed by atoms with Crippen LogP contribution < -0.4 is 14.8 Å². The first-order chi connectivity index (χ1) is 15.0. The largest absolute Gasteiger partial charge is 0.496 e. The number of rotatable bonds is 7. The number of carbonyl (C=O) groups excluding carboxylic acids is 3. The number of hydrogen-bond acceptors (Lipinski definition) is 5. The smallest absolute Gasteiger partial charge is 0.308 e. The second-order valence-electron chi connectivity index (χ2n) is 7.65. The van der Waals surface area contributed by atoms with E-state index < -0.39 is 5.97 Å². The van der Waals surface area contributed by atoms with E-state index in [1.54, 1.807) is 36.3 Å². The zero-order valence-corrected chi connectivity index (χ0v) is 17.9. The molecule has 2 amide bonds. The Morgan fingerprint density at radius 3 is 2.52 bits per heavy atom. The Balaban J connectivity index is 1.46. The van der Waals surface area contributed by atoms with Gasteiger partial charge in [0.2, 0.25) is 5.91 Å². The third kappa shape index (κ3) is 6.31. The Bertz CT molecular complexity index is 935. The normalized spacial score (nSPS) is 14.1. The Hall–Kier alpha value is -3.35. The maximum atomic E-state index is 12.8. The summed E-state index contributed by atoms with van der Waals surface area (Å²) in [6.07, 6.45) is 1.93. The van der Waals surface area contributed by atoms with E-state index in [0.29, 0.717) is 42.6 Å². The van der Waals surface area contributed by atoms with Crippen molar-refractivity contribution in [3.05, 3.63) is 59.7 Å². The van der Waals surface area contributed by atoms with Gasteiger partial charge in [-0.2, -0.15) is 0 Å². The highest BCUT2D eigenvalue weighted by Crippen LogP contribution is 2.21. The SMILES string of the molecule is COc1ccccc1CC(=O)NCC1CCN(C(=O)c2cccc(OC(C)=O)c2)CC1. The molecule has 1 aliphatic heterocycles. The summed E-state index contributed by atoms with van der Waals surface area (Å²) in [4.78, 5) is 38.0. The van der Waals surface area contributed by atoms with Crippen LogP contribution in [0.5, 0.6) is 11.5 Å². The van der Waals surface area contributed by atoms with E-state index in [2.05, 4.69) is 5.32 Å². The van der Waals surface area contributed by atoms with Gasteiger partial charge < -0.3 is 19.7 Å². The van der Waals surface area contributed by atoms with Gasteiger partial charge in [0, 0.05) is 37.7 Å². The van der Waals surface area contributed by atoms with Crippen molar-refractivity contribution in [2.24, 2.45) is 5.92 Å². The van der Waals surface area contributed by atoms with E-state index in [4.69, 9.17) is 9.47 Å². The van der Waals surface area contributed by atoms with Gasteiger partial charge in [0.25, 0.3) is 5.91 Å². The second kappa shape index (κ2) is 10.6. The maximum absolute atomic E-state index is 12.8. The summed E-state index contributed by atoms with van der Waals surface area (Å²) in [5.74, 6) is 0.877. The number of hydrogen-bond donors (Lipinski definition) is 1. The predicted molar refractivity (Wildman–Crippen MR) is 116 cm³/mol. The van der Waals surface area contributed by atoms with Crippen LogP contribution in [0.15, 0.2) is 48.5 Å². The third-order valence-electron chi connectivity index (χ3n) is 5.38. The van der Waals surface area contributed by atoms with Gasteiger partial charge in [-0.25, -0.2) is 0 Å². The Morgan fingerprint density at radius 1 is 1.06 bits per heavy atom. The number of amides is 2. The third-order valence-corrected chi connectivity index (χ3v) is 5.38. The molecule has 0 aliphatic carbocycles. The van der Waals surface area contributed by atoms with Crippen LogP contribution in [0.1, 0.15) is 35.7 Å².